The molecule has 5 atom stereocenters. The molecule has 0 amide bonds. The Labute approximate surface area is 254 Å². The van der Waals surface area contributed by atoms with E-state index in [-0.39, 0.29) is 16.3 Å². The van der Waals surface area contributed by atoms with Crippen LogP contribution in [0.4, 0.5) is 10.1 Å². The minimum Gasteiger partial charge on any atom is -0.495 e. The van der Waals surface area contributed by atoms with Crippen LogP contribution in [-0.2, 0) is 15.4 Å². The molecule has 3 aromatic carbocycles. The van der Waals surface area contributed by atoms with Gasteiger partial charge >= 0.3 is 5.97 Å². The maximum atomic E-state index is 14.3. The van der Waals surface area contributed by atoms with Crippen LogP contribution in [-0.4, -0.2) is 36.4 Å². The lowest BCUT2D eigenvalue weighted by molar-refractivity contribution is -0.285. The number of carbonyl (C=O) groups is 1. The van der Waals surface area contributed by atoms with Crippen molar-refractivity contribution in [2.75, 3.05) is 11.8 Å². The zero-order valence-electron chi connectivity index (χ0n) is 24.2. The first-order valence-corrected chi connectivity index (χ1v) is 16.5. The van der Waals surface area contributed by atoms with Gasteiger partial charge in [0.2, 0.25) is 0 Å². The van der Waals surface area contributed by atoms with Crippen LogP contribution >= 0.6 is 0 Å². The normalized spacial score (nSPS) is 28.0. The predicted molar refractivity (Wildman–Crippen MR) is 162 cm³/mol. The van der Waals surface area contributed by atoms with E-state index in [9.17, 15) is 17.6 Å². The molecule has 9 rings (SSSR count). The summed E-state index contributed by atoms with van der Waals surface area (Å²) in [7, 11) is -2.95. The highest BCUT2D eigenvalue weighted by atomic mass is 32.2. The Kier molecular flexibility index (Phi) is 5.85. The summed E-state index contributed by atoms with van der Waals surface area (Å²) in [4.78, 5) is 11.1. The van der Waals surface area contributed by atoms with Crippen molar-refractivity contribution in [2.24, 2.45) is 23.2 Å². The van der Waals surface area contributed by atoms with Crippen LogP contribution in [0.3, 0.4) is 0 Å². The molecule has 44 heavy (non-hydrogen) atoms. The molecule has 1 aromatic heterocycles. The van der Waals surface area contributed by atoms with E-state index in [0.717, 1.165) is 41.0 Å². The van der Waals surface area contributed by atoms with Crippen molar-refractivity contribution in [1.82, 2.24) is 9.78 Å². The van der Waals surface area contributed by atoms with Gasteiger partial charge in [0.1, 0.15) is 16.5 Å². The Balaban J connectivity index is 0.995. The number of aromatic nitrogens is 2. The van der Waals surface area contributed by atoms with Gasteiger partial charge in [0.25, 0.3) is 10.0 Å². The number of aromatic carboxylic acids is 1. The molecule has 5 aliphatic carbocycles. The number of ether oxygens (including phenoxy) is 1. The summed E-state index contributed by atoms with van der Waals surface area (Å²) >= 11 is 0. The maximum absolute atomic E-state index is 14.3. The van der Waals surface area contributed by atoms with Crippen LogP contribution in [0.25, 0.3) is 16.8 Å². The van der Waals surface area contributed by atoms with E-state index in [1.165, 1.54) is 68.3 Å². The van der Waals surface area contributed by atoms with Gasteiger partial charge in [-0.15, -0.1) is 0 Å². The average molecular weight is 614 g/mol. The molecule has 0 radical (unpaired) electrons. The van der Waals surface area contributed by atoms with E-state index < -0.39 is 27.4 Å². The summed E-state index contributed by atoms with van der Waals surface area (Å²) in [5, 5.41) is 13.4. The second-order valence-corrected chi connectivity index (χ2v) is 14.7. The molecule has 2 bridgehead atoms. The molecule has 5 saturated carbocycles. The number of rotatable bonds is 8. The van der Waals surface area contributed by atoms with Crippen molar-refractivity contribution in [3.63, 3.8) is 0 Å². The third-order valence-corrected chi connectivity index (χ3v) is 12.6. The molecular formula is C34H32FN3O5S. The number of carboxylic acids is 1. The quantitative estimate of drug-likeness (QED) is 0.230. The zero-order valence-corrected chi connectivity index (χ0v) is 25.0. The molecular weight excluding hydrogens is 581 g/mol. The summed E-state index contributed by atoms with van der Waals surface area (Å²) in [5.41, 5.74) is 4.54. The summed E-state index contributed by atoms with van der Waals surface area (Å²) in [5.74, 6) is 0.0908. The van der Waals surface area contributed by atoms with Gasteiger partial charge in [-0.3, -0.25) is 4.72 Å². The largest absolute Gasteiger partial charge is 0.495 e. The number of carboxylic acid groups (broad SMARTS) is 1. The number of nitrogens with one attached hydrogen (secondary N) is 1. The van der Waals surface area contributed by atoms with E-state index in [2.05, 4.69) is 34.1 Å². The average Bonchev–Trinajstić information content (AvgIpc) is 3.51. The smallest absolute Gasteiger partial charge is 0.338 e. The number of sulfonamides is 1. The van der Waals surface area contributed by atoms with Crippen LogP contribution in [0.15, 0.2) is 78.0 Å². The van der Waals surface area contributed by atoms with Gasteiger partial charge in [0.15, 0.2) is 0 Å². The van der Waals surface area contributed by atoms with Gasteiger partial charge in [-0.05, 0) is 96.6 Å². The maximum Gasteiger partial charge on any atom is 0.338 e. The van der Waals surface area contributed by atoms with E-state index in [4.69, 9.17) is 9.84 Å². The van der Waals surface area contributed by atoms with Gasteiger partial charge in [-0.2, -0.15) is 5.10 Å². The number of halogens is 1. The highest BCUT2D eigenvalue weighted by Crippen LogP contribution is 2.83. The number of nitrogens with zero attached hydrogens (tertiary/aromatic N) is 2. The number of anilines is 1. The van der Waals surface area contributed by atoms with Crippen molar-refractivity contribution < 1.29 is 27.4 Å². The Morgan fingerprint density at radius 2 is 1.77 bits per heavy atom. The number of methoxy groups -OCH3 is 1. The highest BCUT2D eigenvalue weighted by Gasteiger charge is 2.77. The third kappa shape index (κ3) is 3.76. The number of hydrogen-bond acceptors (Lipinski definition) is 5. The van der Waals surface area contributed by atoms with Crippen molar-refractivity contribution >= 4 is 21.7 Å². The van der Waals surface area contributed by atoms with Crippen LogP contribution in [0.1, 0.15) is 54.4 Å². The van der Waals surface area contributed by atoms with E-state index >= 15 is 0 Å². The fraction of sp³-hybridized carbons (Fsp3) is 0.353. The van der Waals surface area contributed by atoms with Crippen molar-refractivity contribution in [3.05, 3.63) is 90.0 Å². The minimum absolute atomic E-state index is 0.127. The van der Waals surface area contributed by atoms with Crippen molar-refractivity contribution in [2.45, 2.75) is 48.8 Å². The van der Waals surface area contributed by atoms with Crippen LogP contribution in [0.2, 0.25) is 0 Å². The first-order valence-electron chi connectivity index (χ1n) is 15.0. The Morgan fingerprint density at radius 3 is 2.43 bits per heavy atom. The molecule has 5 fully saturated rings. The SMILES string of the molecule is COc1cc(C(=O)O)c(F)cc1NS(=O)(=O)c1cnn(-c2ccc(-c3ccc([C@]45CC6C[C@@H]7C[C@@H](CCC674)C5)cc3)cc2)c1. The second kappa shape index (κ2) is 9.41. The molecule has 4 aromatic rings. The predicted octanol–water partition coefficient (Wildman–Crippen LogP) is 6.65. The number of hydrogen-bond donors (Lipinski definition) is 2. The van der Waals surface area contributed by atoms with E-state index in [1.807, 2.05) is 24.3 Å². The molecule has 0 aliphatic heterocycles. The van der Waals surface area contributed by atoms with E-state index in [0.29, 0.717) is 16.5 Å². The van der Waals surface area contributed by atoms with Gasteiger partial charge in [-0.1, -0.05) is 36.4 Å². The topological polar surface area (TPSA) is 111 Å². The Hall–Kier alpha value is -4.18. The van der Waals surface area contributed by atoms with Gasteiger partial charge in [0.05, 0.1) is 36.4 Å². The van der Waals surface area contributed by atoms with Gasteiger partial charge < -0.3 is 9.84 Å². The van der Waals surface area contributed by atoms with Crippen molar-refractivity contribution in [1.29, 1.82) is 0 Å². The molecule has 1 spiro atoms. The fourth-order valence-corrected chi connectivity index (χ4v) is 10.4. The van der Waals surface area contributed by atoms with Crippen LogP contribution < -0.4 is 9.46 Å². The van der Waals surface area contributed by atoms with E-state index in [1.54, 1.807) is 0 Å². The molecule has 1 heterocycles. The first kappa shape index (κ1) is 27.4. The summed E-state index contributed by atoms with van der Waals surface area (Å²) in [6, 6.07) is 18.7. The number of fused-ring (bicyclic) bond motifs is 1. The zero-order chi connectivity index (χ0) is 30.4. The van der Waals surface area contributed by atoms with Gasteiger partial charge in [0, 0.05) is 11.5 Å². The third-order valence-electron chi connectivity index (χ3n) is 11.3. The van der Waals surface area contributed by atoms with Crippen molar-refractivity contribution in [3.8, 4) is 22.6 Å². The lowest BCUT2D eigenvalue weighted by Crippen LogP contribution is -2.76. The fourth-order valence-electron chi connectivity index (χ4n) is 9.38. The summed E-state index contributed by atoms with van der Waals surface area (Å²) < 4.78 is 49.2. The molecule has 5 aliphatic rings. The molecule has 226 valence electrons. The molecule has 0 saturated heterocycles. The van der Waals surface area contributed by atoms with Crippen LogP contribution in [0.5, 0.6) is 5.75 Å². The lowest BCUT2D eigenvalue weighted by Gasteiger charge is -2.81. The van der Waals surface area contributed by atoms with Gasteiger partial charge in [-0.25, -0.2) is 22.3 Å². The Bertz CT molecular complexity index is 1920. The lowest BCUT2D eigenvalue weighted by atomic mass is 9.22. The minimum atomic E-state index is -4.18. The monoisotopic (exact) mass is 613 g/mol. The first-order chi connectivity index (χ1) is 21.1. The summed E-state index contributed by atoms with van der Waals surface area (Å²) in [6.07, 6.45) is 11.1. The molecule has 10 heteroatoms. The Morgan fingerprint density at radius 1 is 1.05 bits per heavy atom. The second-order valence-electron chi connectivity index (χ2n) is 13.0. The standard InChI is InChI=1S/C34H32FN3O5S/c1-43-31-14-28(32(39)40)29(35)15-30(31)37-44(41,42)27-18-36-38(19-27)26-8-4-22(5-9-26)21-2-6-23(7-3-21)33-16-20-10-11-34(33)24(12-20)13-25(34)17-33/h2-9,14-15,18-20,24-25,37H,10-13,16-17H2,1H3,(H,39,40)/t20-,24+,25?,33+,34?/m1/s1. The molecule has 2 unspecified atom stereocenters. The molecule has 2 N–H and O–H groups in total. The van der Waals surface area contributed by atoms with Crippen LogP contribution in [0, 0.1) is 29.0 Å². The highest BCUT2D eigenvalue weighted by molar-refractivity contribution is 7.92. The summed E-state index contributed by atoms with van der Waals surface area (Å²) in [6.45, 7) is 0. The number of benzene rings is 3. The molecule has 8 nitrogen and oxygen atoms in total.